The number of methoxy groups -OCH3 is 1. The van der Waals surface area contributed by atoms with Crippen molar-refractivity contribution in [1.82, 2.24) is 5.32 Å². The lowest BCUT2D eigenvalue weighted by molar-refractivity contribution is 0.412. The molecule has 0 aliphatic rings. The van der Waals surface area contributed by atoms with Crippen molar-refractivity contribution in [3.63, 3.8) is 0 Å². The van der Waals surface area contributed by atoms with Gasteiger partial charge in [0.1, 0.15) is 11.8 Å². The van der Waals surface area contributed by atoms with Gasteiger partial charge >= 0.3 is 0 Å². The van der Waals surface area contributed by atoms with Crippen LogP contribution in [0.3, 0.4) is 0 Å². The van der Waals surface area contributed by atoms with E-state index in [-0.39, 0.29) is 5.54 Å². The third-order valence-corrected chi connectivity index (χ3v) is 2.48. The first-order valence-electron chi connectivity index (χ1n) is 5.32. The van der Waals surface area contributed by atoms with Crippen LogP contribution in [0.25, 0.3) is 0 Å². The van der Waals surface area contributed by atoms with Crippen molar-refractivity contribution in [1.29, 1.82) is 5.26 Å². The van der Waals surface area contributed by atoms with Crippen molar-refractivity contribution in [3.05, 3.63) is 29.3 Å². The molecule has 0 aliphatic heterocycles. The van der Waals surface area contributed by atoms with Crippen molar-refractivity contribution in [2.75, 3.05) is 7.11 Å². The number of nitrogens with one attached hydrogen (secondary N) is 1. The fraction of sp³-hybridized carbons (Fsp3) is 0.357. The van der Waals surface area contributed by atoms with Crippen LogP contribution in [0.5, 0.6) is 5.75 Å². The smallest absolute Gasteiger partial charge is 0.136 e. The lowest BCUT2D eigenvalue weighted by Gasteiger charge is -2.19. The van der Waals surface area contributed by atoms with E-state index in [1.54, 1.807) is 13.2 Å². The van der Waals surface area contributed by atoms with E-state index in [4.69, 9.17) is 16.4 Å². The zero-order valence-electron chi connectivity index (χ0n) is 10.4. The van der Waals surface area contributed by atoms with Crippen LogP contribution in [-0.4, -0.2) is 12.6 Å². The standard InChI is InChI=1S/C14H16N2O/c1-5-14(2,3)16-10-11-6-7-12(9-15)13(8-11)17-4/h1,6-8,16H,10H2,2-4H3. The van der Waals surface area contributed by atoms with Gasteiger partial charge in [0.2, 0.25) is 0 Å². The molecular weight excluding hydrogens is 212 g/mol. The zero-order valence-corrected chi connectivity index (χ0v) is 10.4. The number of nitriles is 1. The van der Waals surface area contributed by atoms with Crippen LogP contribution in [0.1, 0.15) is 25.0 Å². The second-order valence-corrected chi connectivity index (χ2v) is 4.27. The Bertz CT molecular complexity index is 478. The highest BCUT2D eigenvalue weighted by Crippen LogP contribution is 2.19. The van der Waals surface area contributed by atoms with E-state index in [0.717, 1.165) is 5.56 Å². The second kappa shape index (κ2) is 5.39. The molecular formula is C14H16N2O. The average molecular weight is 228 g/mol. The molecule has 0 aliphatic carbocycles. The number of ether oxygens (including phenoxy) is 1. The monoisotopic (exact) mass is 228 g/mol. The summed E-state index contributed by atoms with van der Waals surface area (Å²) < 4.78 is 5.14. The molecule has 17 heavy (non-hydrogen) atoms. The SMILES string of the molecule is C#CC(C)(C)NCc1ccc(C#N)c(OC)c1. The summed E-state index contributed by atoms with van der Waals surface area (Å²) in [7, 11) is 1.55. The second-order valence-electron chi connectivity index (χ2n) is 4.27. The third-order valence-electron chi connectivity index (χ3n) is 2.48. The zero-order chi connectivity index (χ0) is 12.9. The van der Waals surface area contributed by atoms with E-state index in [1.807, 2.05) is 26.0 Å². The van der Waals surface area contributed by atoms with Gasteiger partial charge in [0.15, 0.2) is 0 Å². The molecule has 0 bridgehead atoms. The Morgan fingerprint density at radius 3 is 2.71 bits per heavy atom. The van der Waals surface area contributed by atoms with Crippen LogP contribution < -0.4 is 10.1 Å². The molecule has 0 heterocycles. The number of benzene rings is 1. The first-order chi connectivity index (χ1) is 8.02. The highest BCUT2D eigenvalue weighted by atomic mass is 16.5. The summed E-state index contributed by atoms with van der Waals surface area (Å²) in [4.78, 5) is 0. The van der Waals surface area contributed by atoms with Crippen molar-refractivity contribution in [2.45, 2.75) is 25.9 Å². The van der Waals surface area contributed by atoms with Gasteiger partial charge in [-0.25, -0.2) is 0 Å². The van der Waals surface area contributed by atoms with Gasteiger partial charge in [0.25, 0.3) is 0 Å². The molecule has 0 atom stereocenters. The minimum Gasteiger partial charge on any atom is -0.495 e. The average Bonchev–Trinajstić information content (AvgIpc) is 2.36. The molecule has 0 saturated carbocycles. The fourth-order valence-corrected chi connectivity index (χ4v) is 1.31. The molecule has 0 saturated heterocycles. The predicted octanol–water partition coefficient (Wildman–Crippen LogP) is 2.07. The van der Waals surface area contributed by atoms with E-state index in [1.165, 1.54) is 0 Å². The summed E-state index contributed by atoms with van der Waals surface area (Å²) in [5, 5.41) is 12.1. The van der Waals surface area contributed by atoms with Gasteiger partial charge in [-0.2, -0.15) is 5.26 Å². The Morgan fingerprint density at radius 2 is 2.18 bits per heavy atom. The van der Waals surface area contributed by atoms with E-state index in [2.05, 4.69) is 17.3 Å². The molecule has 1 aromatic carbocycles. The largest absolute Gasteiger partial charge is 0.495 e. The first kappa shape index (κ1) is 13.1. The quantitative estimate of drug-likeness (QED) is 0.802. The summed E-state index contributed by atoms with van der Waals surface area (Å²) in [6, 6.07) is 7.56. The fourth-order valence-electron chi connectivity index (χ4n) is 1.31. The van der Waals surface area contributed by atoms with E-state index in [9.17, 15) is 0 Å². The molecule has 88 valence electrons. The maximum absolute atomic E-state index is 8.87. The highest BCUT2D eigenvalue weighted by Gasteiger charge is 2.12. The van der Waals surface area contributed by atoms with Crippen LogP contribution in [0.4, 0.5) is 0 Å². The van der Waals surface area contributed by atoms with Gasteiger partial charge in [-0.15, -0.1) is 6.42 Å². The Balaban J connectivity index is 2.82. The Morgan fingerprint density at radius 1 is 1.47 bits per heavy atom. The van der Waals surface area contributed by atoms with Gasteiger partial charge in [0.05, 0.1) is 18.2 Å². The van der Waals surface area contributed by atoms with Crippen LogP contribution in [0.15, 0.2) is 18.2 Å². The van der Waals surface area contributed by atoms with E-state index < -0.39 is 0 Å². The number of hydrogen-bond acceptors (Lipinski definition) is 3. The molecule has 1 rings (SSSR count). The van der Waals surface area contributed by atoms with Gasteiger partial charge in [-0.1, -0.05) is 12.0 Å². The first-order valence-corrected chi connectivity index (χ1v) is 5.32. The maximum atomic E-state index is 8.87. The van der Waals surface area contributed by atoms with Gasteiger partial charge in [0, 0.05) is 6.54 Å². The van der Waals surface area contributed by atoms with Crippen molar-refractivity contribution < 1.29 is 4.74 Å². The van der Waals surface area contributed by atoms with Crippen molar-refractivity contribution >= 4 is 0 Å². The summed E-state index contributed by atoms with van der Waals surface area (Å²) in [5.41, 5.74) is 1.22. The molecule has 0 unspecified atom stereocenters. The van der Waals surface area contributed by atoms with Crippen molar-refractivity contribution in [3.8, 4) is 24.2 Å². The van der Waals surface area contributed by atoms with Gasteiger partial charge < -0.3 is 4.74 Å². The number of terminal acetylenes is 1. The van der Waals surface area contributed by atoms with Crippen LogP contribution in [0, 0.1) is 23.7 Å². The number of rotatable bonds is 4. The topological polar surface area (TPSA) is 45.0 Å². The third kappa shape index (κ3) is 3.52. The molecule has 3 nitrogen and oxygen atoms in total. The Hall–Kier alpha value is -1.97. The summed E-state index contributed by atoms with van der Waals surface area (Å²) in [6.07, 6.45) is 5.39. The minimum atomic E-state index is -0.346. The van der Waals surface area contributed by atoms with E-state index >= 15 is 0 Å². The predicted molar refractivity (Wildman–Crippen MR) is 67.5 cm³/mol. The molecule has 1 N–H and O–H groups in total. The van der Waals surface area contributed by atoms with Crippen molar-refractivity contribution in [2.24, 2.45) is 0 Å². The highest BCUT2D eigenvalue weighted by molar-refractivity contribution is 5.45. The summed E-state index contributed by atoms with van der Waals surface area (Å²) in [5.74, 6) is 3.26. The minimum absolute atomic E-state index is 0.346. The molecule has 0 radical (unpaired) electrons. The summed E-state index contributed by atoms with van der Waals surface area (Å²) >= 11 is 0. The lowest BCUT2D eigenvalue weighted by atomic mass is 10.1. The summed E-state index contributed by atoms with van der Waals surface area (Å²) in [6.45, 7) is 4.51. The van der Waals surface area contributed by atoms with E-state index in [0.29, 0.717) is 17.9 Å². The van der Waals surface area contributed by atoms with Gasteiger partial charge in [-0.05, 0) is 31.5 Å². The lowest BCUT2D eigenvalue weighted by Crippen LogP contribution is -2.36. The molecule has 1 aromatic rings. The van der Waals surface area contributed by atoms with Crippen LogP contribution >= 0.6 is 0 Å². The normalized spacial score (nSPS) is 10.4. The molecule has 0 fully saturated rings. The molecule has 0 spiro atoms. The van der Waals surface area contributed by atoms with Crippen LogP contribution in [0.2, 0.25) is 0 Å². The number of hydrogen-bond donors (Lipinski definition) is 1. The molecule has 0 aromatic heterocycles. The molecule has 3 heteroatoms. The maximum Gasteiger partial charge on any atom is 0.136 e. The number of nitrogens with zero attached hydrogens (tertiary/aromatic N) is 1. The van der Waals surface area contributed by atoms with Gasteiger partial charge in [-0.3, -0.25) is 5.32 Å². The van der Waals surface area contributed by atoms with Crippen LogP contribution in [-0.2, 0) is 6.54 Å². The molecule has 0 amide bonds. The Kier molecular flexibility index (Phi) is 4.15. The Labute approximate surface area is 102 Å².